The standard InChI is InChI=1S/C53H82N2O13/c1-31-17-13-12-14-18-32(2)44(64-9)29-40-22-20-37(7)53(68-40,54-38(8)56)50(61)51(62)55-24-16-15-19-41(55)52(63)67-45(34(4)27-39-21-23-42(57)46(28-39)65-10)30-43(58)33(3)26-36(6)48(60)49(66-11)47(59)35(5)25-31/h12-14,17-18,26,31,33-35,37,39-42,44-46,48-49,57,60H,15-16,19-25,27-30H2,1-11H3,(H,54,56)/b14-12+,17-13+,32-18+,36-26+/t31-,33-,34-,35-,37-,39+,40?,41+,42-,44+,45+,46-,48-,49+,53-/m1/s1. The largest absolute Gasteiger partial charge is 0.460 e. The second-order valence-corrected chi connectivity index (χ2v) is 20.3. The molecule has 2 amide bonds. The van der Waals surface area contributed by atoms with Gasteiger partial charge in [-0.25, -0.2) is 4.79 Å². The van der Waals surface area contributed by atoms with Crippen LogP contribution >= 0.6 is 0 Å². The van der Waals surface area contributed by atoms with E-state index >= 15 is 0 Å². The minimum Gasteiger partial charge on any atom is -0.460 e. The molecule has 2 saturated heterocycles. The lowest BCUT2D eigenvalue weighted by atomic mass is 9.78. The van der Waals surface area contributed by atoms with Crippen LogP contribution in [0, 0.1) is 35.5 Å². The predicted molar refractivity (Wildman–Crippen MR) is 257 cm³/mol. The molecular weight excluding hydrogens is 873 g/mol. The third-order valence-electron chi connectivity index (χ3n) is 14.9. The molecule has 15 atom stereocenters. The van der Waals surface area contributed by atoms with Crippen LogP contribution in [0.1, 0.15) is 132 Å². The number of aliphatic hydroxyl groups is 2. The summed E-state index contributed by atoms with van der Waals surface area (Å²) in [5.41, 5.74) is -0.742. The van der Waals surface area contributed by atoms with E-state index < -0.39 is 89.7 Å². The minimum atomic E-state index is -2.01. The summed E-state index contributed by atoms with van der Waals surface area (Å²) in [5.74, 6) is -5.80. The summed E-state index contributed by atoms with van der Waals surface area (Å²) in [4.78, 5) is 86.0. The van der Waals surface area contributed by atoms with Crippen LogP contribution in [0.5, 0.6) is 0 Å². The molecule has 0 aromatic heterocycles. The van der Waals surface area contributed by atoms with Crippen LogP contribution in [0.25, 0.3) is 0 Å². The molecule has 1 aliphatic carbocycles. The molecule has 2 bridgehead atoms. The number of ether oxygens (including phenoxy) is 5. The number of methoxy groups -OCH3 is 3. The van der Waals surface area contributed by atoms with E-state index in [1.807, 2.05) is 58.1 Å². The van der Waals surface area contributed by atoms with Crippen molar-refractivity contribution < 1.29 is 62.7 Å². The molecule has 3 fully saturated rings. The van der Waals surface area contributed by atoms with Gasteiger partial charge < -0.3 is 44.1 Å². The minimum absolute atomic E-state index is 0.0102. The molecule has 0 spiro atoms. The van der Waals surface area contributed by atoms with Crippen molar-refractivity contribution in [2.45, 2.75) is 187 Å². The topological polar surface area (TPSA) is 204 Å². The smallest absolute Gasteiger partial charge is 0.329 e. The fourth-order valence-electron chi connectivity index (χ4n) is 10.6. The Kier molecular flexibility index (Phi) is 22.0. The zero-order valence-electron chi connectivity index (χ0n) is 42.6. The number of amides is 2. The van der Waals surface area contributed by atoms with E-state index in [1.54, 1.807) is 41.1 Å². The lowest BCUT2D eigenvalue weighted by Gasteiger charge is -2.46. The van der Waals surface area contributed by atoms with Gasteiger partial charge >= 0.3 is 5.97 Å². The summed E-state index contributed by atoms with van der Waals surface area (Å²) in [6.07, 6.45) is 11.2. The highest BCUT2D eigenvalue weighted by Crippen LogP contribution is 2.38. The maximum absolute atomic E-state index is 14.8. The molecule has 3 heterocycles. The van der Waals surface area contributed by atoms with Gasteiger partial charge in [-0.1, -0.05) is 71.1 Å². The second kappa shape index (κ2) is 26.4. The number of allylic oxidation sites excluding steroid dienone is 6. The number of carbonyl (C=O) groups excluding carboxylic acids is 6. The van der Waals surface area contributed by atoms with Gasteiger partial charge in [0.05, 0.1) is 24.4 Å². The number of fused-ring (bicyclic) bond motifs is 3. The molecule has 3 aliphatic heterocycles. The number of hydrogen-bond acceptors (Lipinski definition) is 13. The summed E-state index contributed by atoms with van der Waals surface area (Å²) in [7, 11) is 4.53. The van der Waals surface area contributed by atoms with Crippen molar-refractivity contribution in [3.63, 3.8) is 0 Å². The maximum Gasteiger partial charge on any atom is 0.329 e. The summed E-state index contributed by atoms with van der Waals surface area (Å²) in [5, 5.41) is 24.7. The van der Waals surface area contributed by atoms with Gasteiger partial charge in [0, 0.05) is 65.4 Å². The Morgan fingerprint density at radius 1 is 0.882 bits per heavy atom. The van der Waals surface area contributed by atoms with Crippen molar-refractivity contribution in [2.75, 3.05) is 27.9 Å². The second-order valence-electron chi connectivity index (χ2n) is 20.3. The van der Waals surface area contributed by atoms with Crippen molar-refractivity contribution >= 4 is 35.1 Å². The van der Waals surface area contributed by atoms with Crippen molar-refractivity contribution in [1.29, 1.82) is 0 Å². The number of hydrogen-bond donors (Lipinski definition) is 3. The molecular formula is C53H82N2O13. The van der Waals surface area contributed by atoms with Gasteiger partial charge in [-0.3, -0.25) is 24.0 Å². The van der Waals surface area contributed by atoms with Crippen molar-refractivity contribution in [3.8, 4) is 0 Å². The molecule has 68 heavy (non-hydrogen) atoms. The van der Waals surface area contributed by atoms with Gasteiger partial charge in [0.1, 0.15) is 30.1 Å². The van der Waals surface area contributed by atoms with Gasteiger partial charge in [-0.2, -0.15) is 0 Å². The Morgan fingerprint density at radius 2 is 1.60 bits per heavy atom. The lowest BCUT2D eigenvalue weighted by Crippen LogP contribution is -2.67. The van der Waals surface area contributed by atoms with E-state index in [0.29, 0.717) is 69.8 Å². The van der Waals surface area contributed by atoms with E-state index in [2.05, 4.69) is 5.32 Å². The Morgan fingerprint density at radius 3 is 2.26 bits per heavy atom. The van der Waals surface area contributed by atoms with E-state index in [1.165, 1.54) is 18.9 Å². The molecule has 0 radical (unpaired) electrons. The number of ketones is 3. The summed E-state index contributed by atoms with van der Waals surface area (Å²) < 4.78 is 29.9. The summed E-state index contributed by atoms with van der Waals surface area (Å²) >= 11 is 0. The molecule has 4 aliphatic rings. The molecule has 15 heteroatoms. The van der Waals surface area contributed by atoms with Crippen LogP contribution in [0.2, 0.25) is 0 Å². The summed E-state index contributed by atoms with van der Waals surface area (Å²) in [6.45, 7) is 14.1. The van der Waals surface area contributed by atoms with Crippen molar-refractivity contribution in [2.24, 2.45) is 35.5 Å². The van der Waals surface area contributed by atoms with E-state index in [0.717, 1.165) is 5.57 Å². The number of rotatable bonds is 7. The van der Waals surface area contributed by atoms with Gasteiger partial charge in [0.15, 0.2) is 5.78 Å². The van der Waals surface area contributed by atoms with Crippen LogP contribution in [0.4, 0.5) is 0 Å². The zero-order valence-corrected chi connectivity index (χ0v) is 42.6. The first-order valence-electron chi connectivity index (χ1n) is 24.9. The van der Waals surface area contributed by atoms with Gasteiger partial charge in [0.25, 0.3) is 11.7 Å². The van der Waals surface area contributed by atoms with E-state index in [9.17, 15) is 39.0 Å². The molecule has 382 valence electrons. The monoisotopic (exact) mass is 955 g/mol. The Labute approximate surface area is 404 Å². The molecule has 3 N–H and O–H groups in total. The number of piperidine rings is 1. The van der Waals surface area contributed by atoms with Crippen LogP contribution in [0.3, 0.4) is 0 Å². The van der Waals surface area contributed by atoms with E-state index in [4.69, 9.17) is 23.7 Å². The third-order valence-corrected chi connectivity index (χ3v) is 14.9. The Bertz CT molecular complexity index is 1880. The van der Waals surface area contributed by atoms with Crippen molar-refractivity contribution in [3.05, 3.63) is 47.6 Å². The average molecular weight is 955 g/mol. The third kappa shape index (κ3) is 14.8. The molecule has 4 rings (SSSR count). The Balaban J connectivity index is 1.75. The fourth-order valence-corrected chi connectivity index (χ4v) is 10.6. The van der Waals surface area contributed by atoms with E-state index in [-0.39, 0.29) is 54.8 Å². The highest BCUT2D eigenvalue weighted by Gasteiger charge is 2.55. The highest BCUT2D eigenvalue weighted by atomic mass is 16.6. The number of carbonyl (C=O) groups is 6. The number of nitrogens with zero attached hydrogens (tertiary/aromatic N) is 1. The molecule has 0 aromatic carbocycles. The highest BCUT2D eigenvalue weighted by molar-refractivity contribution is 6.39. The van der Waals surface area contributed by atoms with Crippen LogP contribution in [0.15, 0.2) is 47.6 Å². The fraction of sp³-hybridized carbons (Fsp3) is 0.736. The zero-order chi connectivity index (χ0) is 50.5. The SMILES string of the molecule is CO[C@H]1CC2CC[C@@H](C)[C@@](NC(C)=O)(O2)C(=O)C(=O)N2CCCC[C@H]2C(=O)O[C@H]([C@H](C)C[C@@H]2CC[C@@H](O)[C@H](OC)C2)CC(=O)[C@H](C)/C=C(\C)[C@@H](O)[C@@H](OC)C(=O)[C@H](C)C[C@H](C)/C=C/C=C/C=C/1C. The number of cyclic esters (lactones) is 1. The van der Waals surface area contributed by atoms with Crippen LogP contribution in [-0.2, 0) is 52.5 Å². The Hall–Kier alpha value is -3.86. The van der Waals surface area contributed by atoms with Gasteiger partial charge in [-0.05, 0) is 107 Å². The van der Waals surface area contributed by atoms with Crippen molar-refractivity contribution in [1.82, 2.24) is 10.2 Å². The average Bonchev–Trinajstić information content (AvgIpc) is 3.30. The van der Waals surface area contributed by atoms with Gasteiger partial charge in [0.2, 0.25) is 11.6 Å². The van der Waals surface area contributed by atoms with Crippen LogP contribution < -0.4 is 5.32 Å². The lowest BCUT2D eigenvalue weighted by molar-refractivity contribution is -0.198. The normalized spacial score (nSPS) is 39.0. The number of esters is 1. The summed E-state index contributed by atoms with van der Waals surface area (Å²) in [6, 6.07) is -1.15. The molecule has 0 aromatic rings. The maximum atomic E-state index is 14.8. The predicted octanol–water partition coefficient (Wildman–Crippen LogP) is 6.32. The quantitative estimate of drug-likeness (QED) is 0.145. The molecule has 1 unspecified atom stereocenters. The van der Waals surface area contributed by atoms with Gasteiger partial charge in [-0.15, -0.1) is 0 Å². The molecule has 1 saturated carbocycles. The number of nitrogens with one attached hydrogen (secondary N) is 1. The number of aliphatic hydroxyl groups excluding tert-OH is 2. The van der Waals surface area contributed by atoms with Crippen LogP contribution in [-0.4, -0.2) is 133 Å². The molecule has 15 nitrogen and oxygen atoms in total. The first-order valence-corrected chi connectivity index (χ1v) is 24.9. The first-order chi connectivity index (χ1) is 32.2. The first kappa shape index (κ1) is 56.7. The number of Topliss-reactive ketones (excluding diaryl/α,β-unsaturated/α-hetero) is 3.